The smallest absolute Gasteiger partial charge is 0.239 e. The molecule has 3 aromatic rings. The van der Waals surface area contributed by atoms with Gasteiger partial charge in [-0.05, 0) is 45.0 Å². The summed E-state index contributed by atoms with van der Waals surface area (Å²) in [5, 5.41) is 51.9. The molecule has 5 N–H and O–H groups in total. The number of benzene rings is 2. The molecule has 2 aliphatic heterocycles. The topological polar surface area (TPSA) is 172 Å². The Balaban J connectivity index is 1.70. The summed E-state index contributed by atoms with van der Waals surface area (Å²) in [5.41, 5.74) is -0.611. The number of rotatable bonds is 6. The van der Waals surface area contributed by atoms with E-state index in [-0.39, 0.29) is 40.6 Å². The predicted molar refractivity (Wildman–Crippen MR) is 133 cm³/mol. The summed E-state index contributed by atoms with van der Waals surface area (Å²) < 4.78 is 28.4. The van der Waals surface area contributed by atoms with Crippen LogP contribution in [-0.2, 0) is 15.9 Å². The van der Waals surface area contributed by atoms with Crippen LogP contribution < -0.4 is 14.9 Å². The lowest BCUT2D eigenvalue weighted by Crippen LogP contribution is -2.58. The molecule has 38 heavy (non-hydrogen) atoms. The number of fused-ring (bicyclic) bond motifs is 1. The minimum Gasteiger partial charge on any atom is -0.507 e. The first-order valence-corrected chi connectivity index (χ1v) is 12.2. The van der Waals surface area contributed by atoms with Crippen LogP contribution in [-0.4, -0.2) is 75.1 Å². The van der Waals surface area contributed by atoms with Gasteiger partial charge in [0.1, 0.15) is 46.5 Å². The molecular formula is C27H30O11. The van der Waals surface area contributed by atoms with Crippen molar-refractivity contribution in [3.8, 4) is 34.3 Å². The number of aromatic hydroxyl groups is 2. The molecule has 0 aliphatic carbocycles. The van der Waals surface area contributed by atoms with Crippen molar-refractivity contribution in [2.75, 3.05) is 7.11 Å². The van der Waals surface area contributed by atoms with Crippen LogP contribution in [0.5, 0.6) is 23.0 Å². The zero-order chi connectivity index (χ0) is 27.5. The van der Waals surface area contributed by atoms with E-state index in [4.69, 9.17) is 23.4 Å². The van der Waals surface area contributed by atoms with Crippen LogP contribution in [0.25, 0.3) is 22.3 Å². The van der Waals surface area contributed by atoms with Gasteiger partial charge in [-0.25, -0.2) is 0 Å². The van der Waals surface area contributed by atoms with E-state index in [1.807, 2.05) is 13.8 Å². The summed E-state index contributed by atoms with van der Waals surface area (Å²) in [6, 6.07) is 7.56. The highest BCUT2D eigenvalue weighted by Gasteiger charge is 2.48. The minimum absolute atomic E-state index is 0.0501. The fourth-order valence-corrected chi connectivity index (χ4v) is 4.64. The molecule has 0 unspecified atom stereocenters. The molecule has 2 aromatic carbocycles. The van der Waals surface area contributed by atoms with Crippen molar-refractivity contribution >= 4 is 11.0 Å². The second kappa shape index (κ2) is 9.44. The van der Waals surface area contributed by atoms with Gasteiger partial charge in [0.05, 0.1) is 24.9 Å². The van der Waals surface area contributed by atoms with E-state index in [1.165, 1.54) is 14.0 Å². The van der Waals surface area contributed by atoms with Crippen LogP contribution in [0, 0.1) is 0 Å². The fourth-order valence-electron chi connectivity index (χ4n) is 4.64. The van der Waals surface area contributed by atoms with Crippen molar-refractivity contribution in [3.05, 3.63) is 46.1 Å². The highest BCUT2D eigenvalue weighted by molar-refractivity contribution is 5.91. The van der Waals surface area contributed by atoms with E-state index in [2.05, 4.69) is 0 Å². The molecule has 0 bridgehead atoms. The molecule has 6 atom stereocenters. The second-order valence-electron chi connectivity index (χ2n) is 10.1. The lowest BCUT2D eigenvalue weighted by molar-refractivity contribution is -0.268. The zero-order valence-corrected chi connectivity index (χ0v) is 21.2. The first-order chi connectivity index (χ1) is 17.9. The average molecular weight is 531 g/mol. The van der Waals surface area contributed by atoms with E-state index in [0.29, 0.717) is 11.3 Å². The maximum atomic E-state index is 13.8. The third-order valence-corrected chi connectivity index (χ3v) is 7.13. The Morgan fingerprint density at radius 1 is 1.00 bits per heavy atom. The summed E-state index contributed by atoms with van der Waals surface area (Å²) in [7, 11) is 1.50. The number of aliphatic hydroxyl groups excluding tert-OH is 3. The Bertz CT molecular complexity index is 1410. The largest absolute Gasteiger partial charge is 0.507 e. The van der Waals surface area contributed by atoms with Gasteiger partial charge in [-0.2, -0.15) is 0 Å². The molecule has 11 nitrogen and oxygen atoms in total. The summed E-state index contributed by atoms with van der Waals surface area (Å²) in [4.78, 5) is 13.8. The van der Waals surface area contributed by atoms with E-state index in [0.717, 1.165) is 6.07 Å². The van der Waals surface area contributed by atoms with Crippen LogP contribution >= 0.6 is 0 Å². The highest BCUT2D eigenvalue weighted by atomic mass is 16.7. The van der Waals surface area contributed by atoms with Crippen molar-refractivity contribution in [1.29, 1.82) is 0 Å². The molecule has 0 saturated carbocycles. The fraction of sp³-hybridized carbons (Fsp3) is 0.444. The SMILES string of the molecule is COc1ccc(-c2oc3c(C[C@H]4OC4(C)C)c(O)cc(O)c3c(=O)c2O[C@@H]2O[C@@H](C)[C@H](O)[C@@H](O)[C@H]2O)cc1. The Labute approximate surface area is 217 Å². The summed E-state index contributed by atoms with van der Waals surface area (Å²) in [5.74, 6) is -0.740. The molecule has 3 heterocycles. The van der Waals surface area contributed by atoms with Gasteiger partial charge in [-0.3, -0.25) is 4.79 Å². The number of phenolic OH excluding ortho intramolecular Hbond substituents is 2. The lowest BCUT2D eigenvalue weighted by Gasteiger charge is -2.38. The van der Waals surface area contributed by atoms with Crippen LogP contribution in [0.2, 0.25) is 0 Å². The highest BCUT2D eigenvalue weighted by Crippen LogP contribution is 2.44. The van der Waals surface area contributed by atoms with Crippen molar-refractivity contribution in [2.24, 2.45) is 0 Å². The first-order valence-electron chi connectivity index (χ1n) is 12.2. The van der Waals surface area contributed by atoms with Crippen LogP contribution in [0.1, 0.15) is 26.3 Å². The number of ether oxygens (including phenoxy) is 4. The third-order valence-electron chi connectivity index (χ3n) is 7.13. The van der Waals surface area contributed by atoms with Gasteiger partial charge in [0.15, 0.2) is 5.76 Å². The maximum Gasteiger partial charge on any atom is 0.239 e. The van der Waals surface area contributed by atoms with Crippen LogP contribution in [0.15, 0.2) is 39.5 Å². The van der Waals surface area contributed by atoms with Crippen LogP contribution in [0.4, 0.5) is 0 Å². The Kier molecular flexibility index (Phi) is 6.52. The summed E-state index contributed by atoms with van der Waals surface area (Å²) in [6.45, 7) is 5.26. The molecule has 204 valence electrons. The first kappa shape index (κ1) is 26.3. The predicted octanol–water partition coefficient (Wildman–Crippen LogP) is 1.81. The number of aliphatic hydroxyl groups is 3. The maximum absolute atomic E-state index is 13.8. The monoisotopic (exact) mass is 530 g/mol. The molecule has 1 aromatic heterocycles. The molecule has 2 fully saturated rings. The minimum atomic E-state index is -1.70. The third kappa shape index (κ3) is 4.46. The summed E-state index contributed by atoms with van der Waals surface area (Å²) in [6.07, 6.45) is -7.16. The van der Waals surface area contributed by atoms with Gasteiger partial charge in [0.2, 0.25) is 17.5 Å². The quantitative estimate of drug-likeness (QED) is 0.294. The van der Waals surface area contributed by atoms with Crippen molar-refractivity contribution in [3.63, 3.8) is 0 Å². The number of methoxy groups -OCH3 is 1. The molecule has 0 amide bonds. The van der Waals surface area contributed by atoms with Crippen molar-refractivity contribution in [2.45, 2.75) is 69.6 Å². The van der Waals surface area contributed by atoms with Crippen LogP contribution in [0.3, 0.4) is 0 Å². The Hall–Kier alpha value is -3.35. The molecular weight excluding hydrogens is 500 g/mol. The van der Waals surface area contributed by atoms with Crippen molar-refractivity contribution < 1.29 is 48.9 Å². The number of phenols is 2. The molecule has 0 spiro atoms. The second-order valence-corrected chi connectivity index (χ2v) is 10.1. The number of hydrogen-bond acceptors (Lipinski definition) is 11. The van der Waals surface area contributed by atoms with Crippen molar-refractivity contribution in [1.82, 2.24) is 0 Å². The molecule has 2 aliphatic rings. The van der Waals surface area contributed by atoms with Gasteiger partial charge in [-0.1, -0.05) is 0 Å². The van der Waals surface area contributed by atoms with E-state index >= 15 is 0 Å². The standard InChI is InChI=1S/C27H30O11/c1-11-19(30)21(32)22(33)26(35-11)37-25-20(31)18-16(29)10-15(28)14(9-17-27(2,3)38-17)24(18)36-23(25)12-5-7-13(34-4)8-6-12/h5-8,10-11,17,19,21-22,26,28-30,32-33H,9H2,1-4H3/t11-,17+,19-,21+,22+,26-/m0/s1. The van der Waals surface area contributed by atoms with Gasteiger partial charge in [0.25, 0.3) is 0 Å². The number of hydrogen-bond donors (Lipinski definition) is 5. The van der Waals surface area contributed by atoms with Gasteiger partial charge in [-0.15, -0.1) is 0 Å². The molecule has 2 saturated heterocycles. The van der Waals surface area contributed by atoms with E-state index < -0.39 is 53.2 Å². The number of epoxide rings is 1. The molecule has 5 rings (SSSR count). The normalized spacial score (nSPS) is 28.3. The van der Waals surface area contributed by atoms with E-state index in [1.54, 1.807) is 24.3 Å². The zero-order valence-electron chi connectivity index (χ0n) is 21.2. The Morgan fingerprint density at radius 3 is 2.26 bits per heavy atom. The van der Waals surface area contributed by atoms with Gasteiger partial charge >= 0.3 is 0 Å². The lowest BCUT2D eigenvalue weighted by atomic mass is 9.98. The molecule has 0 radical (unpaired) electrons. The Morgan fingerprint density at radius 2 is 1.66 bits per heavy atom. The van der Waals surface area contributed by atoms with Gasteiger partial charge < -0.3 is 48.9 Å². The molecule has 11 heteroatoms. The summed E-state index contributed by atoms with van der Waals surface area (Å²) >= 11 is 0. The van der Waals surface area contributed by atoms with E-state index in [9.17, 15) is 30.3 Å². The average Bonchev–Trinajstić information content (AvgIpc) is 3.49. The van der Waals surface area contributed by atoms with Gasteiger partial charge in [0, 0.05) is 23.6 Å².